The van der Waals surface area contributed by atoms with Crippen molar-refractivity contribution in [2.24, 2.45) is 0 Å². The van der Waals surface area contributed by atoms with Crippen molar-refractivity contribution in [3.05, 3.63) is 62.4 Å². The van der Waals surface area contributed by atoms with Gasteiger partial charge in [-0.1, -0.05) is 23.2 Å². The van der Waals surface area contributed by atoms with Crippen LogP contribution in [0.5, 0.6) is 0 Å². The van der Waals surface area contributed by atoms with Gasteiger partial charge in [-0.25, -0.2) is 4.98 Å². The van der Waals surface area contributed by atoms with E-state index < -0.39 is 0 Å². The fourth-order valence-electron chi connectivity index (χ4n) is 2.60. The Hall–Kier alpha value is -2.86. The Labute approximate surface area is 153 Å². The van der Waals surface area contributed by atoms with E-state index in [1.54, 1.807) is 24.3 Å². The fourth-order valence-corrected chi connectivity index (χ4v) is 3.24. The van der Waals surface area contributed by atoms with Crippen molar-refractivity contribution in [3.8, 4) is 12.1 Å². The average Bonchev–Trinajstić information content (AvgIpc) is 2.98. The van der Waals surface area contributed by atoms with Crippen LogP contribution in [0.25, 0.3) is 11.0 Å². The number of rotatable bonds is 3. The van der Waals surface area contributed by atoms with E-state index in [1.807, 2.05) is 12.1 Å². The average molecular weight is 369 g/mol. The van der Waals surface area contributed by atoms with Crippen LogP contribution >= 0.6 is 23.2 Å². The van der Waals surface area contributed by atoms with Gasteiger partial charge in [0.25, 0.3) is 0 Å². The molecule has 0 aliphatic carbocycles. The van der Waals surface area contributed by atoms with Gasteiger partial charge in [-0.15, -0.1) is 0 Å². The summed E-state index contributed by atoms with van der Waals surface area (Å²) in [6.07, 6.45) is 0.360. The minimum absolute atomic E-state index is 0.0789. The molecule has 1 N–H and O–H groups in total. The Morgan fingerprint density at radius 3 is 2.64 bits per heavy atom. The maximum absolute atomic E-state index is 11.7. The maximum atomic E-state index is 11.7. The Balaban J connectivity index is 2.08. The van der Waals surface area contributed by atoms with Crippen LogP contribution in [0.2, 0.25) is 10.0 Å². The molecule has 0 radical (unpaired) electrons. The van der Waals surface area contributed by atoms with E-state index in [4.69, 9.17) is 33.7 Å². The van der Waals surface area contributed by atoms with Crippen LogP contribution in [0.1, 0.15) is 39.8 Å². The van der Waals surface area contributed by atoms with Crippen LogP contribution in [0.15, 0.2) is 24.3 Å². The van der Waals surface area contributed by atoms with Crippen molar-refractivity contribution in [3.63, 3.8) is 0 Å². The standard InChI is InChI=1S/C18H10Cl2N4O/c1-9(25)12-2-3-14(19)13(18(12)20)5-11-6-16-15(23-11)4-10(7-21)17(8-22)24-16/h2-4,6,23H,5H2,1H3. The number of pyridine rings is 1. The fraction of sp³-hybridized carbons (Fsp3) is 0.111. The van der Waals surface area contributed by atoms with Gasteiger partial charge in [-0.05, 0) is 36.8 Å². The van der Waals surface area contributed by atoms with Crippen LogP contribution in [-0.4, -0.2) is 15.8 Å². The SMILES string of the molecule is CC(=O)c1ccc(Cl)c(Cc2cc3nc(C#N)c(C#N)cc3[nH]2)c1Cl. The summed E-state index contributed by atoms with van der Waals surface area (Å²) in [6, 6.07) is 10.5. The third-order valence-electron chi connectivity index (χ3n) is 3.82. The highest BCUT2D eigenvalue weighted by Crippen LogP contribution is 2.31. The summed E-state index contributed by atoms with van der Waals surface area (Å²) < 4.78 is 0. The largest absolute Gasteiger partial charge is 0.357 e. The summed E-state index contributed by atoms with van der Waals surface area (Å²) in [5, 5.41) is 18.9. The molecule has 7 heteroatoms. The minimum atomic E-state index is -0.140. The molecule has 0 amide bonds. The van der Waals surface area contributed by atoms with Gasteiger partial charge in [-0.3, -0.25) is 4.79 Å². The molecule has 0 fully saturated rings. The van der Waals surface area contributed by atoms with E-state index in [0.717, 1.165) is 5.69 Å². The van der Waals surface area contributed by atoms with E-state index in [-0.39, 0.29) is 17.0 Å². The van der Waals surface area contributed by atoms with Crippen LogP contribution in [0, 0.1) is 22.7 Å². The van der Waals surface area contributed by atoms with E-state index in [2.05, 4.69) is 9.97 Å². The Kier molecular flexibility index (Phi) is 4.46. The first kappa shape index (κ1) is 17.0. The minimum Gasteiger partial charge on any atom is -0.357 e. The number of benzene rings is 1. The number of halogens is 2. The quantitative estimate of drug-likeness (QED) is 0.692. The number of H-pyrrole nitrogens is 1. The van der Waals surface area contributed by atoms with Crippen molar-refractivity contribution >= 4 is 40.0 Å². The van der Waals surface area contributed by atoms with Gasteiger partial charge in [-0.2, -0.15) is 10.5 Å². The van der Waals surface area contributed by atoms with E-state index >= 15 is 0 Å². The molecule has 3 aromatic rings. The lowest BCUT2D eigenvalue weighted by atomic mass is 10.0. The number of hydrogen-bond donors (Lipinski definition) is 1. The molecule has 5 nitrogen and oxygen atoms in total. The molecular formula is C18H10Cl2N4O. The molecule has 3 rings (SSSR count). The maximum Gasteiger partial charge on any atom is 0.161 e. The second-order valence-corrected chi connectivity index (χ2v) is 6.24. The summed E-state index contributed by atoms with van der Waals surface area (Å²) in [5.41, 5.74) is 3.29. The highest BCUT2D eigenvalue weighted by atomic mass is 35.5. The molecule has 0 saturated heterocycles. The number of ketones is 1. The number of carbonyl (C=O) groups excluding carboxylic acids is 1. The third kappa shape index (κ3) is 3.08. The molecule has 1 aromatic carbocycles. The first-order chi connectivity index (χ1) is 11.9. The van der Waals surface area contributed by atoms with Crippen LogP contribution in [0.3, 0.4) is 0 Å². The van der Waals surface area contributed by atoms with Gasteiger partial charge >= 0.3 is 0 Å². The van der Waals surface area contributed by atoms with Gasteiger partial charge in [0.1, 0.15) is 12.1 Å². The van der Waals surface area contributed by atoms with Crippen molar-refractivity contribution < 1.29 is 4.79 Å². The molecule has 0 bridgehead atoms. The van der Waals surface area contributed by atoms with Crippen LogP contribution in [-0.2, 0) is 6.42 Å². The summed E-state index contributed by atoms with van der Waals surface area (Å²) in [5.74, 6) is -0.140. The molecule has 2 heterocycles. The second-order valence-electron chi connectivity index (χ2n) is 5.46. The molecule has 2 aromatic heterocycles. The number of fused-ring (bicyclic) bond motifs is 1. The molecule has 0 atom stereocenters. The predicted molar refractivity (Wildman–Crippen MR) is 94.8 cm³/mol. The Morgan fingerprint density at radius 1 is 1.24 bits per heavy atom. The molecular weight excluding hydrogens is 359 g/mol. The first-order valence-electron chi connectivity index (χ1n) is 7.25. The van der Waals surface area contributed by atoms with Crippen molar-refractivity contribution in [1.82, 2.24) is 9.97 Å². The number of aromatic amines is 1. The predicted octanol–water partition coefficient (Wildman–Crippen LogP) is 4.41. The number of carbonyl (C=O) groups is 1. The van der Waals surface area contributed by atoms with Gasteiger partial charge in [0, 0.05) is 22.7 Å². The number of nitriles is 2. The molecule has 0 unspecified atom stereocenters. The zero-order valence-corrected chi connectivity index (χ0v) is 14.5. The molecule has 25 heavy (non-hydrogen) atoms. The summed E-state index contributed by atoms with van der Waals surface area (Å²) in [4.78, 5) is 19.0. The lowest BCUT2D eigenvalue weighted by Crippen LogP contribution is -1.99. The number of nitrogens with zero attached hydrogens (tertiary/aromatic N) is 3. The second kappa shape index (κ2) is 6.57. The zero-order chi connectivity index (χ0) is 18.1. The van der Waals surface area contributed by atoms with E-state index in [1.165, 1.54) is 6.92 Å². The van der Waals surface area contributed by atoms with Gasteiger partial charge in [0.05, 0.1) is 21.6 Å². The van der Waals surface area contributed by atoms with E-state index in [9.17, 15) is 4.79 Å². The zero-order valence-electron chi connectivity index (χ0n) is 13.0. The molecule has 0 aliphatic heterocycles. The summed E-state index contributed by atoms with van der Waals surface area (Å²) in [6.45, 7) is 1.44. The normalized spacial score (nSPS) is 10.4. The number of Topliss-reactive ketones (excluding diaryl/α,β-unsaturated/α-hetero) is 1. The van der Waals surface area contributed by atoms with Gasteiger partial charge < -0.3 is 4.98 Å². The first-order valence-corrected chi connectivity index (χ1v) is 8.00. The van der Waals surface area contributed by atoms with E-state index in [0.29, 0.717) is 38.6 Å². The van der Waals surface area contributed by atoms with Crippen molar-refractivity contribution in [1.29, 1.82) is 10.5 Å². The number of hydrogen-bond acceptors (Lipinski definition) is 4. The van der Waals surface area contributed by atoms with Crippen molar-refractivity contribution in [2.75, 3.05) is 0 Å². The highest BCUT2D eigenvalue weighted by molar-refractivity contribution is 6.38. The Morgan fingerprint density at radius 2 is 2.00 bits per heavy atom. The summed E-state index contributed by atoms with van der Waals surface area (Å²) >= 11 is 12.6. The third-order valence-corrected chi connectivity index (χ3v) is 4.60. The number of aromatic nitrogens is 2. The lowest BCUT2D eigenvalue weighted by Gasteiger charge is -2.09. The van der Waals surface area contributed by atoms with Crippen LogP contribution < -0.4 is 0 Å². The number of nitrogens with one attached hydrogen (secondary N) is 1. The molecule has 0 spiro atoms. The summed E-state index contributed by atoms with van der Waals surface area (Å²) in [7, 11) is 0. The van der Waals surface area contributed by atoms with Gasteiger partial charge in [0.2, 0.25) is 0 Å². The lowest BCUT2D eigenvalue weighted by molar-refractivity contribution is 0.101. The topological polar surface area (TPSA) is 93.3 Å². The molecule has 0 aliphatic rings. The smallest absolute Gasteiger partial charge is 0.161 e. The monoisotopic (exact) mass is 368 g/mol. The highest BCUT2D eigenvalue weighted by Gasteiger charge is 2.16. The van der Waals surface area contributed by atoms with Crippen LogP contribution in [0.4, 0.5) is 0 Å². The molecule has 0 saturated carbocycles. The van der Waals surface area contributed by atoms with Crippen molar-refractivity contribution in [2.45, 2.75) is 13.3 Å². The molecule has 122 valence electrons. The Bertz CT molecular complexity index is 1050. The van der Waals surface area contributed by atoms with Gasteiger partial charge in [0.15, 0.2) is 11.5 Å².